The van der Waals surface area contributed by atoms with E-state index in [2.05, 4.69) is 0 Å². The van der Waals surface area contributed by atoms with Crippen molar-refractivity contribution in [2.24, 2.45) is 5.73 Å². The number of nitrogens with two attached hydrogens (primary N) is 1. The molecule has 2 saturated heterocycles. The van der Waals surface area contributed by atoms with Crippen molar-refractivity contribution in [1.29, 1.82) is 0 Å². The Bertz CT molecular complexity index is 402. The predicted octanol–water partition coefficient (Wildman–Crippen LogP) is -4.06. The molecule has 0 amide bonds. The van der Waals surface area contributed by atoms with Crippen molar-refractivity contribution in [2.75, 3.05) is 19.5 Å². The SMILES string of the molecule is CS[C@H]1OC(CO)[C@@H](O[C@@H]2OC(CO)[C@H](O)C(O)C2O)C(O)C1N. The highest BCUT2D eigenvalue weighted by Gasteiger charge is 2.49. The van der Waals surface area contributed by atoms with E-state index >= 15 is 0 Å². The van der Waals surface area contributed by atoms with E-state index in [1.165, 1.54) is 11.8 Å². The van der Waals surface area contributed by atoms with E-state index in [0.717, 1.165) is 0 Å². The average Bonchev–Trinajstić information content (AvgIpc) is 2.59. The van der Waals surface area contributed by atoms with E-state index in [-0.39, 0.29) is 0 Å². The van der Waals surface area contributed by atoms with Gasteiger partial charge in [-0.3, -0.25) is 0 Å². The van der Waals surface area contributed by atoms with Gasteiger partial charge in [-0.15, -0.1) is 11.8 Å². The minimum atomic E-state index is -1.62. The fraction of sp³-hybridized carbons (Fsp3) is 1.00. The number of ether oxygens (including phenoxy) is 3. The molecule has 0 aromatic carbocycles. The van der Waals surface area contributed by atoms with Gasteiger partial charge in [0.25, 0.3) is 0 Å². The zero-order valence-electron chi connectivity index (χ0n) is 13.1. The number of aliphatic hydroxyl groups is 6. The standard InChI is InChI=1S/C13H25NO9S/c1-24-13-6(14)8(18)11(5(3-16)22-13)23-12-10(20)9(19)7(17)4(2-15)21-12/h4-13,15-20H,2-3,14H2,1H3/t4?,5?,6?,7-,8?,9?,10?,11+,12-,13+/m0/s1. The van der Waals surface area contributed by atoms with Crippen LogP contribution >= 0.6 is 11.8 Å². The summed E-state index contributed by atoms with van der Waals surface area (Å²) in [5, 5.41) is 58.5. The third kappa shape index (κ3) is 3.86. The van der Waals surface area contributed by atoms with Crippen molar-refractivity contribution in [2.45, 2.75) is 60.5 Å². The molecule has 0 aromatic rings. The smallest absolute Gasteiger partial charge is 0.187 e. The van der Waals surface area contributed by atoms with Crippen LogP contribution in [-0.4, -0.2) is 111 Å². The molecule has 0 saturated carbocycles. The molecule has 2 aliphatic rings. The summed E-state index contributed by atoms with van der Waals surface area (Å²) in [4.78, 5) is 0. The van der Waals surface area contributed by atoms with Gasteiger partial charge in [0.05, 0.1) is 19.3 Å². The van der Waals surface area contributed by atoms with Gasteiger partial charge >= 0.3 is 0 Å². The molecule has 2 aliphatic heterocycles. The van der Waals surface area contributed by atoms with Gasteiger partial charge in [-0.1, -0.05) is 0 Å². The summed E-state index contributed by atoms with van der Waals surface area (Å²) in [5.74, 6) is 0. The minimum absolute atomic E-state index is 0.469. The van der Waals surface area contributed by atoms with Gasteiger partial charge < -0.3 is 50.6 Å². The van der Waals surface area contributed by atoms with Gasteiger partial charge in [-0.05, 0) is 6.26 Å². The molecule has 2 rings (SSSR count). The van der Waals surface area contributed by atoms with E-state index in [1.54, 1.807) is 6.26 Å². The summed E-state index contributed by atoms with van der Waals surface area (Å²) in [7, 11) is 0. The van der Waals surface area contributed by atoms with E-state index in [0.29, 0.717) is 0 Å². The second-order valence-electron chi connectivity index (χ2n) is 5.83. The first-order valence-corrected chi connectivity index (χ1v) is 8.83. The van der Waals surface area contributed by atoms with E-state index in [4.69, 9.17) is 19.9 Å². The maximum atomic E-state index is 10.3. The Hall–Kier alpha value is -0.0500. The van der Waals surface area contributed by atoms with Crippen LogP contribution in [0.15, 0.2) is 0 Å². The van der Waals surface area contributed by atoms with Crippen LogP contribution in [-0.2, 0) is 14.2 Å². The number of aliphatic hydroxyl groups excluding tert-OH is 6. The topological polar surface area (TPSA) is 175 Å². The van der Waals surface area contributed by atoms with Crippen LogP contribution in [0, 0.1) is 0 Å². The number of thioether (sulfide) groups is 1. The highest BCUT2D eigenvalue weighted by Crippen LogP contribution is 2.30. The molecule has 8 N–H and O–H groups in total. The van der Waals surface area contributed by atoms with Gasteiger partial charge in [0.1, 0.15) is 48.2 Å². The Labute approximate surface area is 143 Å². The van der Waals surface area contributed by atoms with Crippen molar-refractivity contribution >= 4 is 11.8 Å². The Morgan fingerprint density at radius 2 is 1.54 bits per heavy atom. The van der Waals surface area contributed by atoms with Crippen LogP contribution in [0.1, 0.15) is 0 Å². The third-order valence-corrected chi connectivity index (χ3v) is 5.16. The molecular weight excluding hydrogens is 346 g/mol. The predicted molar refractivity (Wildman–Crippen MR) is 81.9 cm³/mol. The number of hydrogen-bond acceptors (Lipinski definition) is 11. The fourth-order valence-corrected chi connectivity index (χ4v) is 3.53. The lowest BCUT2D eigenvalue weighted by Crippen LogP contribution is -2.65. The van der Waals surface area contributed by atoms with Crippen molar-refractivity contribution in [3.63, 3.8) is 0 Å². The summed E-state index contributed by atoms with van der Waals surface area (Å²) < 4.78 is 16.3. The van der Waals surface area contributed by atoms with Crippen LogP contribution < -0.4 is 5.73 Å². The van der Waals surface area contributed by atoms with Crippen LogP contribution in [0.4, 0.5) is 0 Å². The molecule has 0 radical (unpaired) electrons. The molecule has 0 bridgehead atoms. The van der Waals surface area contributed by atoms with Crippen LogP contribution in [0.5, 0.6) is 0 Å². The van der Waals surface area contributed by atoms with Gasteiger partial charge in [-0.2, -0.15) is 0 Å². The Morgan fingerprint density at radius 3 is 2.08 bits per heavy atom. The first kappa shape index (κ1) is 20.3. The molecule has 0 spiro atoms. The molecule has 11 heteroatoms. The Kier molecular flexibility index (Phi) is 7.22. The number of hydrogen-bond donors (Lipinski definition) is 7. The highest BCUT2D eigenvalue weighted by molar-refractivity contribution is 7.99. The van der Waals surface area contributed by atoms with Gasteiger partial charge in [0, 0.05) is 0 Å². The quantitative estimate of drug-likeness (QED) is 0.250. The number of rotatable bonds is 5. The van der Waals surface area contributed by atoms with Gasteiger partial charge in [0.15, 0.2) is 6.29 Å². The molecule has 10 nitrogen and oxygen atoms in total. The molecule has 24 heavy (non-hydrogen) atoms. The second kappa shape index (κ2) is 8.56. The summed E-state index contributed by atoms with van der Waals surface area (Å²) in [6, 6.07) is -0.808. The summed E-state index contributed by atoms with van der Waals surface area (Å²) in [6.07, 6.45) is -8.88. The van der Waals surface area contributed by atoms with Crippen molar-refractivity contribution in [3.05, 3.63) is 0 Å². The molecule has 10 atom stereocenters. The van der Waals surface area contributed by atoms with E-state index < -0.39 is 73.7 Å². The maximum Gasteiger partial charge on any atom is 0.187 e. The monoisotopic (exact) mass is 371 g/mol. The molecule has 142 valence electrons. The van der Waals surface area contributed by atoms with Crippen LogP contribution in [0.25, 0.3) is 0 Å². The summed E-state index contributed by atoms with van der Waals surface area (Å²) >= 11 is 1.27. The van der Waals surface area contributed by atoms with E-state index in [1.807, 2.05) is 0 Å². The van der Waals surface area contributed by atoms with Gasteiger partial charge in [-0.25, -0.2) is 0 Å². The maximum absolute atomic E-state index is 10.3. The lowest BCUT2D eigenvalue weighted by molar-refractivity contribution is -0.332. The molecular formula is C13H25NO9S. The Balaban J connectivity index is 2.12. The summed E-state index contributed by atoms with van der Waals surface area (Å²) in [5.41, 5.74) is 5.34. The molecule has 0 aromatic heterocycles. The first-order chi connectivity index (χ1) is 11.3. The first-order valence-electron chi connectivity index (χ1n) is 7.54. The fourth-order valence-electron chi connectivity index (χ4n) is 2.80. The molecule has 2 fully saturated rings. The largest absolute Gasteiger partial charge is 0.394 e. The normalized spacial score (nSPS) is 50.0. The van der Waals surface area contributed by atoms with Crippen molar-refractivity contribution in [1.82, 2.24) is 0 Å². The van der Waals surface area contributed by atoms with E-state index in [9.17, 15) is 30.6 Å². The zero-order chi connectivity index (χ0) is 18.0. The lowest BCUT2D eigenvalue weighted by atomic mass is 9.97. The third-order valence-electron chi connectivity index (χ3n) is 4.27. The molecule has 2 heterocycles. The van der Waals surface area contributed by atoms with Crippen molar-refractivity contribution in [3.8, 4) is 0 Å². The average molecular weight is 371 g/mol. The van der Waals surface area contributed by atoms with Crippen molar-refractivity contribution < 1.29 is 44.8 Å². The lowest BCUT2D eigenvalue weighted by Gasteiger charge is -2.46. The second-order valence-corrected chi connectivity index (χ2v) is 6.76. The molecule has 6 unspecified atom stereocenters. The van der Waals surface area contributed by atoms with Gasteiger partial charge in [0.2, 0.25) is 0 Å². The zero-order valence-corrected chi connectivity index (χ0v) is 13.9. The van der Waals surface area contributed by atoms with Crippen LogP contribution in [0.3, 0.4) is 0 Å². The summed E-state index contributed by atoms with van der Waals surface area (Å²) in [6.45, 7) is -1.07. The Morgan fingerprint density at radius 1 is 0.917 bits per heavy atom. The minimum Gasteiger partial charge on any atom is -0.394 e. The molecule has 0 aliphatic carbocycles. The van der Waals surface area contributed by atoms with Crippen LogP contribution in [0.2, 0.25) is 0 Å². The highest BCUT2D eigenvalue weighted by atomic mass is 32.2.